The van der Waals surface area contributed by atoms with Crippen LogP contribution in [0.5, 0.6) is 0 Å². The fraction of sp³-hybridized carbons (Fsp3) is 0.462. The van der Waals surface area contributed by atoms with E-state index in [1.807, 2.05) is 12.3 Å². The summed E-state index contributed by atoms with van der Waals surface area (Å²) in [7, 11) is -1.00. The molecule has 1 aromatic heterocycles. The summed E-state index contributed by atoms with van der Waals surface area (Å²) < 4.78 is 27.8. The van der Waals surface area contributed by atoms with Gasteiger partial charge in [-0.1, -0.05) is 0 Å². The van der Waals surface area contributed by atoms with E-state index in [2.05, 4.69) is 51.4 Å². The molecule has 0 aromatic carbocycles. The molecule has 0 atom stereocenters. The maximum absolute atomic E-state index is 9.96. The first kappa shape index (κ1) is 23.7. The van der Waals surface area contributed by atoms with Gasteiger partial charge in [0.25, 0.3) is 0 Å². The van der Waals surface area contributed by atoms with Crippen molar-refractivity contribution >= 4 is 44.2 Å². The number of halogens is 3. The smallest absolute Gasteiger partial charge is 1.00 e. The molecule has 7 nitrogen and oxygen atoms in total. The number of carbonyl (C=O) groups excluding carboxylic acids is 1. The molecule has 2 aliphatic heterocycles. The molecule has 3 rings (SSSR count). The summed E-state index contributed by atoms with van der Waals surface area (Å²) in [6.45, 7) is 2.37. The van der Waals surface area contributed by atoms with Gasteiger partial charge in [-0.2, -0.15) is 5.10 Å². The maximum Gasteiger partial charge on any atom is 1.00 e. The quantitative estimate of drug-likeness (QED) is 0.466. The Bertz CT molecular complexity index is 528. The summed E-state index contributed by atoms with van der Waals surface area (Å²) in [5.41, 5.74) is 0. The molecule has 0 saturated carbocycles. The number of nitrogens with zero attached hydrogens (tertiary/aromatic N) is 3. The Morgan fingerprint density at radius 2 is 2.12 bits per heavy atom. The predicted octanol–water partition coefficient (Wildman–Crippen LogP) is -0.157. The number of aliphatic hydroxyl groups is 1. The molecule has 0 unspecified atom stereocenters. The van der Waals surface area contributed by atoms with Crippen molar-refractivity contribution in [2.45, 2.75) is 6.54 Å². The molecule has 3 heterocycles. The molecule has 1 aromatic rings. The van der Waals surface area contributed by atoms with Crippen molar-refractivity contribution in [3.8, 4) is 0 Å². The maximum atomic E-state index is 9.96. The Labute approximate surface area is 181 Å². The van der Waals surface area contributed by atoms with Crippen LogP contribution in [0.15, 0.2) is 32.4 Å². The van der Waals surface area contributed by atoms with Gasteiger partial charge in [-0.05, 0) is 37.9 Å². The first-order valence-electron chi connectivity index (χ1n) is 7.03. The number of allylic oxidation sites excluding steroid dienone is 1. The van der Waals surface area contributed by atoms with E-state index in [4.69, 9.17) is 6.48 Å². The van der Waals surface area contributed by atoms with Crippen LogP contribution in [0.3, 0.4) is 0 Å². The molecule has 1 fully saturated rings. The van der Waals surface area contributed by atoms with E-state index in [-0.39, 0.29) is 37.6 Å². The molecule has 0 aliphatic carbocycles. The summed E-state index contributed by atoms with van der Waals surface area (Å²) in [6, 6.07) is 0. The third-order valence-corrected chi connectivity index (χ3v) is 3.00. The number of hydrogen-bond acceptors (Lipinski definition) is 6. The first-order chi connectivity index (χ1) is 11.5. The van der Waals surface area contributed by atoms with E-state index < -0.39 is 13.3 Å². The van der Waals surface area contributed by atoms with Crippen LogP contribution in [0, 0.1) is 0 Å². The predicted molar refractivity (Wildman–Crippen MR) is 92.8 cm³/mol. The SMILES string of the molecule is BrC1=CCN=C1.O=C1OCCO1.OCCn1cc(Br)cn1.[2H]CF.[H-].[Na+]. The van der Waals surface area contributed by atoms with Gasteiger partial charge in [0, 0.05) is 16.9 Å². The molecule has 0 bridgehead atoms. The van der Waals surface area contributed by atoms with Gasteiger partial charge in [-0.25, -0.2) is 4.79 Å². The molecule has 0 spiro atoms. The van der Waals surface area contributed by atoms with Crippen molar-refractivity contribution in [3.63, 3.8) is 0 Å². The minimum atomic E-state index is -1.00. The fourth-order valence-corrected chi connectivity index (χ4v) is 1.80. The van der Waals surface area contributed by atoms with Crippen LogP contribution < -0.4 is 29.6 Å². The van der Waals surface area contributed by atoms with Crippen LogP contribution in [0.25, 0.3) is 0 Å². The second-order valence-corrected chi connectivity index (χ2v) is 5.51. The Hall–Kier alpha value is -0.260. The van der Waals surface area contributed by atoms with Gasteiger partial charge in [-0.3, -0.25) is 14.1 Å². The number of hydrogen-bond donors (Lipinski definition) is 1. The molecule has 0 amide bonds. The zero-order chi connectivity index (χ0) is 18.2. The number of cyclic esters (lactones) is 2. The molecule has 1 N–H and O–H groups in total. The van der Waals surface area contributed by atoms with Crippen LogP contribution in [0.2, 0.25) is 0 Å². The molecule has 0 radical (unpaired) electrons. The second-order valence-electron chi connectivity index (χ2n) is 3.68. The van der Waals surface area contributed by atoms with E-state index in [0.29, 0.717) is 19.8 Å². The van der Waals surface area contributed by atoms with Crippen molar-refractivity contribution in [2.75, 3.05) is 33.5 Å². The van der Waals surface area contributed by atoms with Crippen molar-refractivity contribution in [1.82, 2.24) is 9.78 Å². The van der Waals surface area contributed by atoms with Crippen LogP contribution >= 0.6 is 31.9 Å². The third-order valence-electron chi connectivity index (χ3n) is 2.06. The molecular weight excluding hydrogens is 464 g/mol. The van der Waals surface area contributed by atoms with Crippen LogP contribution in [-0.2, 0) is 16.0 Å². The van der Waals surface area contributed by atoms with E-state index >= 15 is 0 Å². The van der Waals surface area contributed by atoms with Crippen molar-refractivity contribution < 1.29 is 56.1 Å². The van der Waals surface area contributed by atoms with Crippen molar-refractivity contribution in [2.24, 2.45) is 4.99 Å². The largest absolute Gasteiger partial charge is 1.00 e. The number of carbonyl (C=O) groups is 1. The third kappa shape index (κ3) is 14.1. The number of aliphatic hydroxyl groups excluding tert-OH is 1. The Kier molecular flexibility index (Phi) is 17.4. The van der Waals surface area contributed by atoms with Gasteiger partial charge in [0.2, 0.25) is 0 Å². The molecule has 1 saturated heterocycles. The normalized spacial score (nSPS) is 14.1. The van der Waals surface area contributed by atoms with Gasteiger partial charge < -0.3 is 16.0 Å². The summed E-state index contributed by atoms with van der Waals surface area (Å²) in [6.07, 6.45) is 6.78. The van der Waals surface area contributed by atoms with Gasteiger partial charge in [0.15, 0.2) is 0 Å². The van der Waals surface area contributed by atoms with Crippen LogP contribution in [0.4, 0.5) is 9.18 Å². The number of rotatable bonds is 2. The van der Waals surface area contributed by atoms with Crippen molar-refractivity contribution in [1.29, 1.82) is 0 Å². The number of ether oxygens (including phenoxy) is 2. The monoisotopic (exact) mass is 482 g/mol. The Morgan fingerprint density at radius 1 is 1.50 bits per heavy atom. The van der Waals surface area contributed by atoms with E-state index in [1.165, 1.54) is 0 Å². The molecule has 132 valence electrons. The van der Waals surface area contributed by atoms with Crippen LogP contribution in [-0.4, -0.2) is 60.8 Å². The average molecular weight is 484 g/mol. The number of aromatic nitrogens is 2. The van der Waals surface area contributed by atoms with Gasteiger partial charge >= 0.3 is 35.7 Å². The minimum Gasteiger partial charge on any atom is -1.00 e. The molecule has 11 heteroatoms. The first-order valence-corrected chi connectivity index (χ1v) is 7.91. The van der Waals surface area contributed by atoms with Crippen LogP contribution in [0.1, 0.15) is 2.80 Å². The molecule has 2 aliphatic rings. The Balaban J connectivity index is -0.000000280. The zero-order valence-corrected chi connectivity index (χ0v) is 18.4. The van der Waals surface area contributed by atoms with Gasteiger partial charge in [-0.15, -0.1) is 0 Å². The number of aliphatic imine (C=N–C) groups is 1. The zero-order valence-electron chi connectivity index (χ0n) is 15.2. The molecular formula is C13H19Br2FN3NaO4. The average Bonchev–Trinajstić information content (AvgIpc) is 3.27. The summed E-state index contributed by atoms with van der Waals surface area (Å²) in [4.78, 5) is 13.7. The van der Waals surface area contributed by atoms with Gasteiger partial charge in [0.1, 0.15) is 13.2 Å². The van der Waals surface area contributed by atoms with E-state index in [1.54, 1.807) is 17.1 Å². The van der Waals surface area contributed by atoms with Crippen molar-refractivity contribution in [3.05, 3.63) is 27.4 Å². The van der Waals surface area contributed by atoms with E-state index in [9.17, 15) is 9.18 Å². The Morgan fingerprint density at radius 3 is 2.38 bits per heavy atom. The van der Waals surface area contributed by atoms with E-state index in [0.717, 1.165) is 15.5 Å². The summed E-state index contributed by atoms with van der Waals surface area (Å²) in [5.74, 6) is 0. The second kappa shape index (κ2) is 17.6. The topological polar surface area (TPSA) is 85.9 Å². The standard InChI is InChI=1S/C5H7BrN2O.C4H4BrN.C3H4O3.CH3F.Na.H/c6-5-3-7-8(4-5)1-2-9;5-4-1-2-6-3-4;4-3-5-1-2-6-3;1-2;;/h3-4,9H,1-2H2;1,3H,2H2;1-2H2;1H3;;/q;;;;+1;-1/i;;;1D;;. The number of alkyl halides is 1. The fourth-order valence-electron chi connectivity index (χ4n) is 1.19. The summed E-state index contributed by atoms with van der Waals surface area (Å²) >= 11 is 6.49. The van der Waals surface area contributed by atoms with Gasteiger partial charge in [0.05, 0.1) is 38.9 Å². The molecule has 24 heavy (non-hydrogen) atoms. The minimum absolute atomic E-state index is 0. The summed E-state index contributed by atoms with van der Waals surface area (Å²) in [5, 5.41) is 12.4.